The summed E-state index contributed by atoms with van der Waals surface area (Å²) in [7, 11) is 0. The molecule has 0 aliphatic heterocycles. The maximum atomic E-state index is 11.9. The van der Waals surface area contributed by atoms with Crippen LogP contribution >= 0.6 is 11.3 Å². The second-order valence-corrected chi connectivity index (χ2v) is 4.67. The first-order valence-corrected chi connectivity index (χ1v) is 6.15. The number of amides is 1. The number of nitrogens with one attached hydrogen (secondary N) is 1. The van der Waals surface area contributed by atoms with E-state index in [4.69, 9.17) is 0 Å². The number of hydrogen-bond donors (Lipinski definition) is 1. The van der Waals surface area contributed by atoms with Crippen molar-refractivity contribution in [2.75, 3.05) is 0 Å². The fourth-order valence-electron chi connectivity index (χ4n) is 1.39. The number of carbonyl (C=O) groups is 1. The van der Waals surface area contributed by atoms with Gasteiger partial charge in [0.1, 0.15) is 0 Å². The molecule has 86 valence electrons. The summed E-state index contributed by atoms with van der Waals surface area (Å²) in [5.41, 5.74) is 1.69. The summed E-state index contributed by atoms with van der Waals surface area (Å²) in [6.45, 7) is 9.60. The number of carbonyl (C=O) groups excluding carboxylic acids is 1. The molecule has 3 heteroatoms. The van der Waals surface area contributed by atoms with Crippen molar-refractivity contribution in [3.05, 3.63) is 34.0 Å². The van der Waals surface area contributed by atoms with Gasteiger partial charge in [-0.2, -0.15) is 0 Å². The van der Waals surface area contributed by atoms with Crippen LogP contribution in [0.1, 0.15) is 41.6 Å². The zero-order valence-corrected chi connectivity index (χ0v) is 10.7. The average molecular weight is 235 g/mol. The van der Waals surface area contributed by atoms with Crippen LogP contribution in [0, 0.1) is 0 Å². The molecule has 1 aromatic heterocycles. The summed E-state index contributed by atoms with van der Waals surface area (Å²) in [5, 5.41) is 4.77. The van der Waals surface area contributed by atoms with Crippen molar-refractivity contribution in [1.29, 1.82) is 0 Å². The molecule has 0 aliphatic carbocycles. The van der Waals surface area contributed by atoms with Crippen molar-refractivity contribution in [1.82, 2.24) is 5.32 Å². The lowest BCUT2D eigenvalue weighted by Gasteiger charge is -2.07. The molecule has 0 atom stereocenters. The van der Waals surface area contributed by atoms with Crippen molar-refractivity contribution < 1.29 is 4.79 Å². The smallest absolute Gasteiger partial charge is 0.252 e. The molecule has 1 N–H and O–H groups in total. The highest BCUT2D eigenvalue weighted by Crippen LogP contribution is 2.25. The van der Waals surface area contributed by atoms with E-state index >= 15 is 0 Å². The molecule has 0 aromatic carbocycles. The van der Waals surface area contributed by atoms with Crippen molar-refractivity contribution >= 4 is 29.4 Å². The van der Waals surface area contributed by atoms with Gasteiger partial charge in [-0.05, 0) is 20.8 Å². The predicted molar refractivity (Wildman–Crippen MR) is 71.7 cm³/mol. The van der Waals surface area contributed by atoms with E-state index in [-0.39, 0.29) is 11.9 Å². The van der Waals surface area contributed by atoms with E-state index in [0.29, 0.717) is 0 Å². The van der Waals surface area contributed by atoms with E-state index in [9.17, 15) is 4.79 Å². The lowest BCUT2D eigenvalue weighted by atomic mass is 10.1. The van der Waals surface area contributed by atoms with E-state index in [1.54, 1.807) is 17.4 Å². The number of rotatable bonds is 4. The number of thiophene rings is 1. The Labute approximate surface area is 101 Å². The van der Waals surface area contributed by atoms with Gasteiger partial charge in [0.2, 0.25) is 0 Å². The minimum Gasteiger partial charge on any atom is -0.350 e. The Hall–Kier alpha value is -1.35. The second-order valence-electron chi connectivity index (χ2n) is 3.76. The van der Waals surface area contributed by atoms with Crippen LogP contribution in [0.25, 0.3) is 12.2 Å². The van der Waals surface area contributed by atoms with Crippen LogP contribution in [0.5, 0.6) is 0 Å². The number of allylic oxidation sites excluding steroid dienone is 1. The molecule has 2 nitrogen and oxygen atoms in total. The minimum atomic E-state index is -0.0209. The van der Waals surface area contributed by atoms with Crippen molar-refractivity contribution in [2.24, 2.45) is 0 Å². The van der Waals surface area contributed by atoms with Gasteiger partial charge in [-0.1, -0.05) is 24.8 Å². The lowest BCUT2D eigenvalue weighted by Crippen LogP contribution is -2.30. The van der Waals surface area contributed by atoms with Crippen molar-refractivity contribution in [3.8, 4) is 0 Å². The molecule has 0 spiro atoms. The van der Waals surface area contributed by atoms with E-state index in [2.05, 4.69) is 11.9 Å². The lowest BCUT2D eigenvalue weighted by molar-refractivity contribution is 0.0943. The molecule has 0 bridgehead atoms. The van der Waals surface area contributed by atoms with Gasteiger partial charge < -0.3 is 5.32 Å². The topological polar surface area (TPSA) is 29.1 Å². The van der Waals surface area contributed by atoms with Gasteiger partial charge in [0, 0.05) is 21.9 Å². The molecule has 0 radical (unpaired) electrons. The monoisotopic (exact) mass is 235 g/mol. The quantitative estimate of drug-likeness (QED) is 0.849. The summed E-state index contributed by atoms with van der Waals surface area (Å²) >= 11 is 1.54. The Morgan fingerprint density at radius 2 is 2.25 bits per heavy atom. The van der Waals surface area contributed by atoms with E-state index in [1.807, 2.05) is 38.3 Å². The van der Waals surface area contributed by atoms with Gasteiger partial charge in [0.15, 0.2) is 0 Å². The molecule has 1 rings (SSSR count). The molecule has 16 heavy (non-hydrogen) atoms. The largest absolute Gasteiger partial charge is 0.350 e. The predicted octanol–water partition coefficient (Wildman–Crippen LogP) is 3.56. The normalized spacial score (nSPS) is 11.0. The van der Waals surface area contributed by atoms with Crippen LogP contribution in [-0.2, 0) is 0 Å². The first kappa shape index (κ1) is 12.7. The van der Waals surface area contributed by atoms with Crippen LogP contribution in [0.4, 0.5) is 0 Å². The zero-order valence-electron chi connectivity index (χ0n) is 9.91. The van der Waals surface area contributed by atoms with Gasteiger partial charge in [0.05, 0.1) is 5.56 Å². The van der Waals surface area contributed by atoms with Crippen molar-refractivity contribution in [2.45, 2.75) is 26.8 Å². The second kappa shape index (κ2) is 5.66. The Bertz CT molecular complexity index is 416. The molecule has 0 fully saturated rings. The summed E-state index contributed by atoms with van der Waals surface area (Å²) < 4.78 is 0. The Morgan fingerprint density at radius 3 is 2.75 bits per heavy atom. The third-order valence-corrected chi connectivity index (χ3v) is 3.04. The highest BCUT2D eigenvalue weighted by atomic mass is 32.1. The molecule has 1 heterocycles. The van der Waals surface area contributed by atoms with Crippen LogP contribution < -0.4 is 5.32 Å². The summed E-state index contributed by atoms with van der Waals surface area (Å²) in [5.74, 6) is -0.0209. The van der Waals surface area contributed by atoms with Crippen molar-refractivity contribution in [3.63, 3.8) is 0 Å². The Morgan fingerprint density at radius 1 is 1.56 bits per heavy atom. The van der Waals surface area contributed by atoms with Crippen LogP contribution in [0.2, 0.25) is 0 Å². The highest BCUT2D eigenvalue weighted by Gasteiger charge is 2.14. The van der Waals surface area contributed by atoms with Gasteiger partial charge in [-0.15, -0.1) is 11.3 Å². The molecule has 0 saturated carbocycles. The van der Waals surface area contributed by atoms with Gasteiger partial charge >= 0.3 is 0 Å². The highest BCUT2D eigenvalue weighted by molar-refractivity contribution is 7.11. The molecule has 0 aliphatic rings. The molecular formula is C13H17NOS. The average Bonchev–Trinajstić information content (AvgIpc) is 2.60. The van der Waals surface area contributed by atoms with Crippen LogP contribution in [0.3, 0.4) is 0 Å². The standard InChI is InChI=1S/C13H17NOS/c1-5-7-10-11(8-16-12(10)6-2)13(15)14-9(3)4/h5-9H,2H2,1,3-4H3,(H,14,15)/b7-5-. The summed E-state index contributed by atoms with van der Waals surface area (Å²) in [6, 6.07) is 0.151. The fraction of sp³-hybridized carbons (Fsp3) is 0.308. The maximum absolute atomic E-state index is 11.9. The van der Waals surface area contributed by atoms with E-state index < -0.39 is 0 Å². The summed E-state index contributed by atoms with van der Waals surface area (Å²) in [6.07, 6.45) is 5.66. The van der Waals surface area contributed by atoms with E-state index in [1.165, 1.54) is 0 Å². The first-order chi connectivity index (χ1) is 7.60. The SMILES string of the molecule is C=Cc1scc(C(=O)NC(C)C)c1/C=C\C. The van der Waals surface area contributed by atoms with Gasteiger partial charge in [-0.25, -0.2) is 0 Å². The Kier molecular flexibility index (Phi) is 4.50. The van der Waals surface area contributed by atoms with Crippen LogP contribution in [0.15, 0.2) is 18.0 Å². The molecule has 0 unspecified atom stereocenters. The van der Waals surface area contributed by atoms with E-state index in [0.717, 1.165) is 16.0 Å². The third-order valence-electron chi connectivity index (χ3n) is 2.04. The zero-order chi connectivity index (χ0) is 12.1. The fourth-order valence-corrected chi connectivity index (χ4v) is 2.27. The molecule has 0 saturated heterocycles. The third kappa shape index (κ3) is 2.83. The van der Waals surface area contributed by atoms with Crippen LogP contribution in [-0.4, -0.2) is 11.9 Å². The maximum Gasteiger partial charge on any atom is 0.252 e. The first-order valence-electron chi connectivity index (χ1n) is 5.27. The minimum absolute atomic E-state index is 0.0209. The molecule has 1 aromatic rings. The summed E-state index contributed by atoms with van der Waals surface area (Å²) in [4.78, 5) is 12.9. The number of hydrogen-bond acceptors (Lipinski definition) is 2. The molecular weight excluding hydrogens is 218 g/mol. The van der Waals surface area contributed by atoms with Gasteiger partial charge in [-0.3, -0.25) is 4.79 Å². The van der Waals surface area contributed by atoms with Gasteiger partial charge in [0.25, 0.3) is 5.91 Å². The Balaban J connectivity index is 3.08. The molecule has 1 amide bonds.